The van der Waals surface area contributed by atoms with Gasteiger partial charge in [0.25, 0.3) is 0 Å². The molecule has 0 aliphatic carbocycles. The Bertz CT molecular complexity index is 1160. The van der Waals surface area contributed by atoms with E-state index in [2.05, 4.69) is 31.2 Å². The minimum absolute atomic E-state index is 0.325. The van der Waals surface area contributed by atoms with Gasteiger partial charge in [0.1, 0.15) is 5.75 Å². The fraction of sp³-hybridized carbons (Fsp3) is 0.0909. The Morgan fingerprint density at radius 1 is 0.968 bits per heavy atom. The van der Waals surface area contributed by atoms with Crippen LogP contribution >= 0.6 is 0 Å². The smallest absolute Gasteiger partial charge is 0.323 e. The second-order valence-corrected chi connectivity index (χ2v) is 6.69. The van der Waals surface area contributed by atoms with Crippen molar-refractivity contribution >= 4 is 28.9 Å². The van der Waals surface area contributed by atoms with E-state index in [9.17, 15) is 4.79 Å². The van der Waals surface area contributed by atoms with E-state index in [0.29, 0.717) is 23.0 Å². The molecular formula is C22H21N7O2. The van der Waals surface area contributed by atoms with Crippen LogP contribution in [-0.2, 0) is 0 Å². The minimum Gasteiger partial charge on any atom is -0.497 e. The maximum absolute atomic E-state index is 12.3. The number of amides is 2. The Morgan fingerprint density at radius 3 is 2.42 bits per heavy atom. The zero-order valence-electron chi connectivity index (χ0n) is 17.0. The van der Waals surface area contributed by atoms with Crippen molar-refractivity contribution in [1.29, 1.82) is 0 Å². The molecule has 4 aromatic rings. The molecule has 2 heterocycles. The van der Waals surface area contributed by atoms with Crippen LogP contribution in [0.5, 0.6) is 5.75 Å². The first kappa shape index (κ1) is 19.9. The van der Waals surface area contributed by atoms with Crippen LogP contribution in [0.4, 0.5) is 27.7 Å². The standard InChI is InChI=1S/C22H21N7O2/c1-15-14-18(31-2)8-9-19(15)26-22(30)25-17-6-4-16(5-7-17)24-20-10-11-21(28-27-20)29-13-3-12-23-29/h3-14H,1-2H3,(H,24,27)(H2,25,26,30). The van der Waals surface area contributed by atoms with Crippen molar-refractivity contribution in [3.05, 3.63) is 78.6 Å². The largest absolute Gasteiger partial charge is 0.497 e. The number of methoxy groups -OCH3 is 1. The highest BCUT2D eigenvalue weighted by Gasteiger charge is 2.07. The SMILES string of the molecule is COc1ccc(NC(=O)Nc2ccc(Nc3ccc(-n4cccn4)nn3)cc2)c(C)c1. The van der Waals surface area contributed by atoms with Gasteiger partial charge in [-0.25, -0.2) is 9.48 Å². The third-order valence-corrected chi connectivity index (χ3v) is 4.49. The molecule has 9 nitrogen and oxygen atoms in total. The molecule has 0 unspecified atom stereocenters. The minimum atomic E-state index is -0.325. The fourth-order valence-corrected chi connectivity index (χ4v) is 2.89. The van der Waals surface area contributed by atoms with E-state index in [1.165, 1.54) is 0 Å². The van der Waals surface area contributed by atoms with Crippen LogP contribution < -0.4 is 20.7 Å². The van der Waals surface area contributed by atoms with Crippen LogP contribution in [0, 0.1) is 6.92 Å². The summed E-state index contributed by atoms with van der Waals surface area (Å²) in [7, 11) is 1.61. The first-order valence-corrected chi connectivity index (χ1v) is 9.54. The number of aryl methyl sites for hydroxylation is 1. The van der Waals surface area contributed by atoms with Gasteiger partial charge in [0.2, 0.25) is 0 Å². The zero-order chi connectivity index (χ0) is 21.6. The number of benzene rings is 2. The lowest BCUT2D eigenvalue weighted by atomic mass is 10.2. The predicted molar refractivity (Wildman–Crippen MR) is 119 cm³/mol. The lowest BCUT2D eigenvalue weighted by Gasteiger charge is -2.12. The van der Waals surface area contributed by atoms with Gasteiger partial charge in [-0.1, -0.05) is 0 Å². The normalized spacial score (nSPS) is 10.4. The number of carbonyl (C=O) groups is 1. The molecule has 0 aliphatic heterocycles. The van der Waals surface area contributed by atoms with Crippen molar-refractivity contribution < 1.29 is 9.53 Å². The van der Waals surface area contributed by atoms with Gasteiger partial charge in [0.15, 0.2) is 11.6 Å². The number of hydrogen-bond acceptors (Lipinski definition) is 6. The number of nitrogens with one attached hydrogen (secondary N) is 3. The van der Waals surface area contributed by atoms with E-state index in [1.54, 1.807) is 48.5 Å². The molecule has 156 valence electrons. The Morgan fingerprint density at radius 2 is 1.77 bits per heavy atom. The quantitative estimate of drug-likeness (QED) is 0.432. The van der Waals surface area contributed by atoms with Crippen LogP contribution in [-0.4, -0.2) is 33.1 Å². The van der Waals surface area contributed by atoms with Gasteiger partial charge >= 0.3 is 6.03 Å². The highest BCUT2D eigenvalue weighted by Crippen LogP contribution is 2.22. The summed E-state index contributed by atoms with van der Waals surface area (Å²) in [6, 6.07) is 17.9. The van der Waals surface area contributed by atoms with Gasteiger partial charge in [-0.05, 0) is 73.2 Å². The second kappa shape index (κ2) is 8.95. The number of anilines is 4. The molecular weight excluding hydrogens is 394 g/mol. The van der Waals surface area contributed by atoms with Gasteiger partial charge in [-0.3, -0.25) is 0 Å². The Hall–Kier alpha value is -4.40. The fourth-order valence-electron chi connectivity index (χ4n) is 2.89. The van der Waals surface area contributed by atoms with Crippen LogP contribution in [0.2, 0.25) is 0 Å². The maximum Gasteiger partial charge on any atom is 0.323 e. The molecule has 0 saturated heterocycles. The molecule has 3 N–H and O–H groups in total. The molecule has 0 aliphatic rings. The van der Waals surface area contributed by atoms with E-state index in [1.807, 2.05) is 43.3 Å². The monoisotopic (exact) mass is 415 g/mol. The molecule has 0 atom stereocenters. The van der Waals surface area contributed by atoms with Crippen LogP contribution in [0.3, 0.4) is 0 Å². The Labute approximate surface area is 179 Å². The summed E-state index contributed by atoms with van der Waals surface area (Å²) in [5.74, 6) is 1.98. The third kappa shape index (κ3) is 4.96. The van der Waals surface area contributed by atoms with Gasteiger partial charge in [-0.2, -0.15) is 5.10 Å². The summed E-state index contributed by atoms with van der Waals surface area (Å²) < 4.78 is 6.82. The highest BCUT2D eigenvalue weighted by molar-refractivity contribution is 6.00. The van der Waals surface area contributed by atoms with Crippen molar-refractivity contribution in [1.82, 2.24) is 20.0 Å². The van der Waals surface area contributed by atoms with E-state index in [4.69, 9.17) is 4.74 Å². The zero-order valence-corrected chi connectivity index (χ0v) is 17.0. The number of urea groups is 1. The summed E-state index contributed by atoms with van der Waals surface area (Å²) >= 11 is 0. The van der Waals surface area contributed by atoms with Crippen molar-refractivity contribution in [2.45, 2.75) is 6.92 Å². The average Bonchev–Trinajstić information content (AvgIpc) is 3.32. The van der Waals surface area contributed by atoms with Crippen molar-refractivity contribution in [2.75, 3.05) is 23.1 Å². The third-order valence-electron chi connectivity index (χ3n) is 4.49. The maximum atomic E-state index is 12.3. The number of carbonyl (C=O) groups excluding carboxylic acids is 1. The van der Waals surface area contributed by atoms with Crippen molar-refractivity contribution in [3.63, 3.8) is 0 Å². The Balaban J connectivity index is 1.34. The molecule has 0 bridgehead atoms. The highest BCUT2D eigenvalue weighted by atomic mass is 16.5. The van der Waals surface area contributed by atoms with Gasteiger partial charge in [0, 0.05) is 29.5 Å². The molecule has 2 aromatic heterocycles. The molecule has 4 rings (SSSR count). The van der Waals surface area contributed by atoms with Crippen molar-refractivity contribution in [2.24, 2.45) is 0 Å². The topological polar surface area (TPSA) is 106 Å². The summed E-state index contributed by atoms with van der Waals surface area (Å²) in [5.41, 5.74) is 3.11. The summed E-state index contributed by atoms with van der Waals surface area (Å²) in [4.78, 5) is 12.3. The molecule has 31 heavy (non-hydrogen) atoms. The number of nitrogens with zero attached hydrogens (tertiary/aromatic N) is 4. The van der Waals surface area contributed by atoms with E-state index < -0.39 is 0 Å². The lowest BCUT2D eigenvalue weighted by molar-refractivity contribution is 0.262. The molecule has 2 amide bonds. The number of aromatic nitrogens is 4. The molecule has 9 heteroatoms. The first-order valence-electron chi connectivity index (χ1n) is 9.54. The Kier molecular flexibility index (Phi) is 5.75. The summed E-state index contributed by atoms with van der Waals surface area (Å²) in [5, 5.41) is 21.2. The average molecular weight is 415 g/mol. The van der Waals surface area contributed by atoms with Gasteiger partial charge in [-0.15, -0.1) is 10.2 Å². The second-order valence-electron chi connectivity index (χ2n) is 6.69. The van der Waals surface area contributed by atoms with Gasteiger partial charge in [0.05, 0.1) is 7.11 Å². The summed E-state index contributed by atoms with van der Waals surface area (Å²) in [6.07, 6.45) is 3.48. The lowest BCUT2D eigenvalue weighted by Crippen LogP contribution is -2.19. The van der Waals surface area contributed by atoms with E-state index in [-0.39, 0.29) is 6.03 Å². The van der Waals surface area contributed by atoms with Crippen LogP contribution in [0.1, 0.15) is 5.56 Å². The van der Waals surface area contributed by atoms with Crippen LogP contribution in [0.15, 0.2) is 73.1 Å². The first-order chi connectivity index (χ1) is 15.1. The summed E-state index contributed by atoms with van der Waals surface area (Å²) in [6.45, 7) is 1.91. The molecule has 2 aromatic carbocycles. The number of ether oxygens (including phenoxy) is 1. The predicted octanol–water partition coefficient (Wildman–Crippen LogP) is 4.37. The van der Waals surface area contributed by atoms with Crippen LogP contribution in [0.25, 0.3) is 5.82 Å². The number of hydrogen-bond donors (Lipinski definition) is 3. The molecule has 0 radical (unpaired) electrons. The molecule has 0 saturated carbocycles. The van der Waals surface area contributed by atoms with Crippen molar-refractivity contribution in [3.8, 4) is 11.6 Å². The van der Waals surface area contributed by atoms with E-state index >= 15 is 0 Å². The van der Waals surface area contributed by atoms with E-state index in [0.717, 1.165) is 17.0 Å². The molecule has 0 fully saturated rings. The number of rotatable bonds is 6. The molecule has 0 spiro atoms. The van der Waals surface area contributed by atoms with Gasteiger partial charge < -0.3 is 20.7 Å².